The number of carbonyl (C=O) groups is 1. The van der Waals surface area contributed by atoms with Gasteiger partial charge in [-0.15, -0.1) is 0 Å². The van der Waals surface area contributed by atoms with Crippen LogP contribution >= 0.6 is 23.2 Å². The zero-order valence-electron chi connectivity index (χ0n) is 14.5. The molecule has 144 valence electrons. The number of hydrogen-bond donors (Lipinski definition) is 0. The minimum Gasteiger partial charge on any atom is -0.484 e. The van der Waals surface area contributed by atoms with Crippen LogP contribution in [0, 0.1) is 0 Å². The Bertz CT molecular complexity index is 898. The van der Waals surface area contributed by atoms with Crippen LogP contribution in [-0.2, 0) is 21.2 Å². The lowest BCUT2D eigenvalue weighted by molar-refractivity contribution is -0.136. The summed E-state index contributed by atoms with van der Waals surface area (Å²) in [5, 5.41) is 1.18. The van der Waals surface area contributed by atoms with Gasteiger partial charge >= 0.3 is 0 Å². The van der Waals surface area contributed by atoms with E-state index in [9.17, 15) is 13.2 Å². The molecule has 1 aliphatic heterocycles. The van der Waals surface area contributed by atoms with Crippen LogP contribution in [0.15, 0.2) is 48.5 Å². The molecule has 0 spiro atoms. The third-order valence-corrected chi connectivity index (χ3v) is 6.67. The van der Waals surface area contributed by atoms with Gasteiger partial charge < -0.3 is 9.64 Å². The summed E-state index contributed by atoms with van der Waals surface area (Å²) < 4.78 is 29.3. The lowest BCUT2D eigenvalue weighted by Gasteiger charge is -2.28. The standard InChI is InChI=1S/C19H19Cl2NO4S/c20-15-3-1-14(2-4-15)11-22(17-9-10-27(24,25)13-17)19(23)12-26-18-7-5-16(21)6-8-18/h1-8,17H,9-13H2/t17-/m1/s1. The largest absolute Gasteiger partial charge is 0.484 e. The highest BCUT2D eigenvalue weighted by Crippen LogP contribution is 2.22. The van der Waals surface area contributed by atoms with Crippen molar-refractivity contribution < 1.29 is 17.9 Å². The molecule has 1 amide bonds. The normalized spacial score (nSPS) is 18.2. The van der Waals surface area contributed by atoms with E-state index in [0.29, 0.717) is 28.8 Å². The Kier molecular flexibility index (Phi) is 6.29. The number of nitrogens with zero attached hydrogens (tertiary/aromatic N) is 1. The zero-order chi connectivity index (χ0) is 19.4. The first-order valence-corrected chi connectivity index (χ1v) is 11.0. The summed E-state index contributed by atoms with van der Waals surface area (Å²) in [5.41, 5.74) is 0.878. The van der Waals surface area contributed by atoms with Crippen molar-refractivity contribution in [2.24, 2.45) is 0 Å². The molecule has 0 aliphatic carbocycles. The second-order valence-corrected chi connectivity index (χ2v) is 9.55. The highest BCUT2D eigenvalue weighted by atomic mass is 35.5. The summed E-state index contributed by atoms with van der Waals surface area (Å²) in [6, 6.07) is 13.5. The van der Waals surface area contributed by atoms with Gasteiger partial charge in [-0.2, -0.15) is 0 Å². The molecule has 1 heterocycles. The number of sulfone groups is 1. The van der Waals surface area contributed by atoms with Crippen LogP contribution in [0.2, 0.25) is 10.0 Å². The van der Waals surface area contributed by atoms with E-state index >= 15 is 0 Å². The first-order valence-electron chi connectivity index (χ1n) is 8.45. The van der Waals surface area contributed by atoms with Crippen molar-refractivity contribution in [3.8, 4) is 5.75 Å². The molecule has 8 heteroatoms. The second kappa shape index (κ2) is 8.50. The van der Waals surface area contributed by atoms with Gasteiger partial charge in [-0.05, 0) is 48.4 Å². The average Bonchev–Trinajstić information content (AvgIpc) is 3.00. The number of halogens is 2. The van der Waals surface area contributed by atoms with E-state index < -0.39 is 9.84 Å². The van der Waals surface area contributed by atoms with E-state index in [1.807, 2.05) is 12.1 Å². The van der Waals surface area contributed by atoms with E-state index in [-0.39, 0.29) is 30.1 Å². The summed E-state index contributed by atoms with van der Waals surface area (Å²) >= 11 is 11.8. The van der Waals surface area contributed by atoms with Gasteiger partial charge in [0.25, 0.3) is 5.91 Å². The predicted octanol–water partition coefficient (Wildman–Crippen LogP) is 3.59. The van der Waals surface area contributed by atoms with E-state index in [2.05, 4.69) is 0 Å². The van der Waals surface area contributed by atoms with Gasteiger partial charge in [0, 0.05) is 22.6 Å². The first-order chi connectivity index (χ1) is 12.8. The maximum atomic E-state index is 12.8. The third-order valence-electron chi connectivity index (χ3n) is 4.41. The Morgan fingerprint density at radius 2 is 1.63 bits per heavy atom. The lowest BCUT2D eigenvalue weighted by atomic mass is 10.1. The average molecular weight is 428 g/mol. The fourth-order valence-electron chi connectivity index (χ4n) is 2.99. The summed E-state index contributed by atoms with van der Waals surface area (Å²) in [6.45, 7) is 0.131. The van der Waals surface area contributed by atoms with Crippen LogP contribution in [0.1, 0.15) is 12.0 Å². The molecule has 1 aliphatic rings. The molecule has 27 heavy (non-hydrogen) atoms. The lowest BCUT2D eigenvalue weighted by Crippen LogP contribution is -2.43. The third kappa shape index (κ3) is 5.61. The molecular weight excluding hydrogens is 409 g/mol. The number of hydrogen-bond acceptors (Lipinski definition) is 4. The number of carbonyl (C=O) groups excluding carboxylic acids is 1. The first kappa shape index (κ1) is 20.0. The number of ether oxygens (including phenoxy) is 1. The molecule has 0 aromatic heterocycles. The minimum atomic E-state index is -3.12. The van der Waals surface area contributed by atoms with Crippen molar-refractivity contribution in [1.82, 2.24) is 4.90 Å². The molecule has 2 aromatic carbocycles. The van der Waals surface area contributed by atoms with E-state index in [4.69, 9.17) is 27.9 Å². The zero-order valence-corrected chi connectivity index (χ0v) is 16.8. The molecule has 0 radical (unpaired) electrons. The molecule has 0 saturated carbocycles. The molecule has 3 rings (SSSR count). The molecule has 0 bridgehead atoms. The van der Waals surface area contributed by atoms with Crippen molar-refractivity contribution in [2.45, 2.75) is 19.0 Å². The maximum absolute atomic E-state index is 12.8. The number of rotatable bonds is 6. The van der Waals surface area contributed by atoms with Gasteiger partial charge in [0.05, 0.1) is 11.5 Å². The van der Waals surface area contributed by atoms with Crippen molar-refractivity contribution in [3.63, 3.8) is 0 Å². The molecular formula is C19H19Cl2NO4S. The molecule has 1 saturated heterocycles. The predicted molar refractivity (Wildman–Crippen MR) is 106 cm³/mol. The minimum absolute atomic E-state index is 0.0206. The Hall–Kier alpha value is -1.76. The van der Waals surface area contributed by atoms with Crippen LogP contribution in [0.3, 0.4) is 0 Å². The number of amides is 1. The van der Waals surface area contributed by atoms with Gasteiger partial charge in [-0.3, -0.25) is 4.79 Å². The molecule has 0 N–H and O–H groups in total. The second-order valence-electron chi connectivity index (χ2n) is 6.45. The molecule has 1 fully saturated rings. The highest BCUT2D eigenvalue weighted by Gasteiger charge is 2.34. The van der Waals surface area contributed by atoms with Crippen LogP contribution in [0.4, 0.5) is 0 Å². The fourth-order valence-corrected chi connectivity index (χ4v) is 4.97. The van der Waals surface area contributed by atoms with Crippen molar-refractivity contribution in [2.75, 3.05) is 18.1 Å². The van der Waals surface area contributed by atoms with Crippen LogP contribution in [-0.4, -0.2) is 43.4 Å². The highest BCUT2D eigenvalue weighted by molar-refractivity contribution is 7.91. The smallest absolute Gasteiger partial charge is 0.261 e. The van der Waals surface area contributed by atoms with Gasteiger partial charge in [0.2, 0.25) is 0 Å². The quantitative estimate of drug-likeness (QED) is 0.706. The van der Waals surface area contributed by atoms with E-state index in [0.717, 1.165) is 5.56 Å². The summed E-state index contributed by atoms with van der Waals surface area (Å²) in [6.07, 6.45) is 0.433. The van der Waals surface area contributed by atoms with Crippen molar-refractivity contribution in [1.29, 1.82) is 0 Å². The van der Waals surface area contributed by atoms with E-state index in [1.54, 1.807) is 41.3 Å². The Labute approximate surface area is 168 Å². The van der Waals surface area contributed by atoms with E-state index in [1.165, 1.54) is 0 Å². The van der Waals surface area contributed by atoms with Gasteiger partial charge in [0.1, 0.15) is 5.75 Å². The molecule has 1 atom stereocenters. The SMILES string of the molecule is O=C(COc1ccc(Cl)cc1)N(Cc1ccc(Cl)cc1)[C@@H]1CCS(=O)(=O)C1. The monoisotopic (exact) mass is 427 g/mol. The Morgan fingerprint density at radius 1 is 1.04 bits per heavy atom. The molecule has 0 unspecified atom stereocenters. The maximum Gasteiger partial charge on any atom is 0.261 e. The fraction of sp³-hybridized carbons (Fsp3) is 0.316. The molecule has 5 nitrogen and oxygen atoms in total. The summed E-state index contributed by atoms with van der Waals surface area (Å²) in [4.78, 5) is 14.4. The van der Waals surface area contributed by atoms with Crippen LogP contribution in [0.25, 0.3) is 0 Å². The topological polar surface area (TPSA) is 63.7 Å². The van der Waals surface area contributed by atoms with Crippen LogP contribution in [0.5, 0.6) is 5.75 Å². The van der Waals surface area contributed by atoms with Crippen LogP contribution < -0.4 is 4.74 Å². The number of benzene rings is 2. The van der Waals surface area contributed by atoms with Gasteiger partial charge in [-0.1, -0.05) is 35.3 Å². The Morgan fingerprint density at radius 3 is 2.19 bits per heavy atom. The van der Waals surface area contributed by atoms with Gasteiger partial charge in [0.15, 0.2) is 16.4 Å². The van der Waals surface area contributed by atoms with Gasteiger partial charge in [-0.25, -0.2) is 8.42 Å². The van der Waals surface area contributed by atoms with Crippen molar-refractivity contribution >= 4 is 38.9 Å². The Balaban J connectivity index is 1.72. The van der Waals surface area contributed by atoms with Crippen molar-refractivity contribution in [3.05, 3.63) is 64.1 Å². The summed E-state index contributed by atoms with van der Waals surface area (Å²) in [5.74, 6) is 0.341. The molecule has 2 aromatic rings. The summed E-state index contributed by atoms with van der Waals surface area (Å²) in [7, 11) is -3.12.